The molecule has 0 unspecified atom stereocenters. The highest BCUT2D eigenvalue weighted by Crippen LogP contribution is 2.06. The van der Waals surface area contributed by atoms with Gasteiger partial charge in [0.05, 0.1) is 18.4 Å². The number of nitrogens with zero attached hydrogens (tertiary/aromatic N) is 2. The number of carbonyl (C=O) groups is 1. The largest absolute Gasteiger partial charge is 0.396 e. The second-order valence-electron chi connectivity index (χ2n) is 4.88. The number of anilines is 1. The van der Waals surface area contributed by atoms with Crippen LogP contribution in [-0.4, -0.2) is 22.2 Å². The number of amides is 1. The number of rotatable bonds is 6. The molecule has 5 heteroatoms. The first-order valence-corrected chi connectivity index (χ1v) is 6.73. The molecule has 0 saturated heterocycles. The van der Waals surface area contributed by atoms with E-state index < -0.39 is 0 Å². The zero-order valence-electron chi connectivity index (χ0n) is 11.7. The van der Waals surface area contributed by atoms with Gasteiger partial charge in [-0.25, -0.2) is 0 Å². The van der Waals surface area contributed by atoms with Crippen LogP contribution in [0.4, 0.5) is 5.69 Å². The van der Waals surface area contributed by atoms with Crippen molar-refractivity contribution in [3.05, 3.63) is 47.8 Å². The van der Waals surface area contributed by atoms with Gasteiger partial charge in [0.1, 0.15) is 0 Å². The van der Waals surface area contributed by atoms with Crippen molar-refractivity contribution in [3.63, 3.8) is 0 Å². The van der Waals surface area contributed by atoms with Gasteiger partial charge in [-0.2, -0.15) is 5.10 Å². The number of nitrogens with two attached hydrogens (primary N) is 1. The van der Waals surface area contributed by atoms with E-state index in [0.717, 1.165) is 6.42 Å². The maximum atomic E-state index is 11.7. The Bertz CT molecular complexity index is 577. The van der Waals surface area contributed by atoms with Gasteiger partial charge in [0.2, 0.25) is 5.91 Å². The highest BCUT2D eigenvalue weighted by atomic mass is 16.1. The summed E-state index contributed by atoms with van der Waals surface area (Å²) in [5, 5.41) is 6.94. The number of nitrogen functional groups attached to an aromatic ring is 1. The molecule has 0 atom stereocenters. The fourth-order valence-electron chi connectivity index (χ4n) is 2.03. The van der Waals surface area contributed by atoms with Gasteiger partial charge >= 0.3 is 0 Å². The van der Waals surface area contributed by atoms with Crippen molar-refractivity contribution in [1.29, 1.82) is 0 Å². The Hall–Kier alpha value is -2.30. The molecule has 0 bridgehead atoms. The molecule has 0 spiro atoms. The van der Waals surface area contributed by atoms with Crippen LogP contribution >= 0.6 is 0 Å². The van der Waals surface area contributed by atoms with E-state index in [2.05, 4.69) is 29.5 Å². The Morgan fingerprint density at radius 2 is 2.30 bits per heavy atom. The number of hydrogen-bond donors (Lipinski definition) is 2. The second kappa shape index (κ2) is 6.75. The Morgan fingerprint density at radius 3 is 3.00 bits per heavy atom. The van der Waals surface area contributed by atoms with Crippen molar-refractivity contribution in [2.24, 2.45) is 0 Å². The van der Waals surface area contributed by atoms with Crippen LogP contribution in [-0.2, 0) is 17.8 Å². The molecule has 20 heavy (non-hydrogen) atoms. The summed E-state index contributed by atoms with van der Waals surface area (Å²) in [5.41, 5.74) is 8.61. The van der Waals surface area contributed by atoms with E-state index in [9.17, 15) is 4.79 Å². The summed E-state index contributed by atoms with van der Waals surface area (Å²) in [6.45, 7) is 3.25. The standard InChI is InChI=1S/C15H20N4O/c1-12-3-2-4-13(9-12)5-6-15(20)17-7-8-19-11-14(16)10-18-19/h2-4,9-11H,5-8,16H2,1H3,(H,17,20). The van der Waals surface area contributed by atoms with Crippen LogP contribution in [0.1, 0.15) is 17.5 Å². The molecular formula is C15H20N4O. The van der Waals surface area contributed by atoms with Crippen LogP contribution in [0.25, 0.3) is 0 Å². The highest BCUT2D eigenvalue weighted by molar-refractivity contribution is 5.76. The summed E-state index contributed by atoms with van der Waals surface area (Å²) in [6.07, 6.45) is 4.62. The minimum atomic E-state index is 0.0617. The topological polar surface area (TPSA) is 72.9 Å². The molecule has 1 aromatic carbocycles. The van der Waals surface area contributed by atoms with Gasteiger partial charge < -0.3 is 11.1 Å². The molecule has 3 N–H and O–H groups in total. The van der Waals surface area contributed by atoms with Gasteiger partial charge in [0.15, 0.2) is 0 Å². The number of benzene rings is 1. The molecule has 0 aliphatic rings. The van der Waals surface area contributed by atoms with E-state index in [1.54, 1.807) is 17.1 Å². The lowest BCUT2D eigenvalue weighted by Gasteiger charge is -2.06. The molecule has 0 radical (unpaired) electrons. The average molecular weight is 272 g/mol. The number of aromatic nitrogens is 2. The van der Waals surface area contributed by atoms with Crippen molar-refractivity contribution in [2.75, 3.05) is 12.3 Å². The summed E-state index contributed by atoms with van der Waals surface area (Å²) in [7, 11) is 0. The molecule has 0 saturated carbocycles. The summed E-state index contributed by atoms with van der Waals surface area (Å²) in [4.78, 5) is 11.7. The summed E-state index contributed by atoms with van der Waals surface area (Å²) in [6, 6.07) is 8.23. The Morgan fingerprint density at radius 1 is 1.45 bits per heavy atom. The fourth-order valence-corrected chi connectivity index (χ4v) is 2.03. The third kappa shape index (κ3) is 4.42. The lowest BCUT2D eigenvalue weighted by Crippen LogP contribution is -2.27. The minimum absolute atomic E-state index is 0.0617. The molecular weight excluding hydrogens is 252 g/mol. The third-order valence-electron chi connectivity index (χ3n) is 3.04. The van der Waals surface area contributed by atoms with Gasteiger partial charge in [-0.1, -0.05) is 29.8 Å². The van der Waals surface area contributed by atoms with E-state index in [1.165, 1.54) is 11.1 Å². The molecule has 2 aromatic rings. The highest BCUT2D eigenvalue weighted by Gasteiger charge is 2.02. The maximum absolute atomic E-state index is 11.7. The van der Waals surface area contributed by atoms with E-state index in [1.807, 2.05) is 12.1 Å². The summed E-state index contributed by atoms with van der Waals surface area (Å²) in [5.74, 6) is 0.0617. The Balaban J connectivity index is 1.68. The van der Waals surface area contributed by atoms with Crippen LogP contribution in [0.2, 0.25) is 0 Å². The molecule has 5 nitrogen and oxygen atoms in total. The number of aryl methyl sites for hydroxylation is 2. The molecule has 0 aliphatic carbocycles. The van der Waals surface area contributed by atoms with Crippen molar-refractivity contribution in [3.8, 4) is 0 Å². The SMILES string of the molecule is Cc1cccc(CCC(=O)NCCn2cc(N)cn2)c1. The summed E-state index contributed by atoms with van der Waals surface area (Å²) < 4.78 is 1.72. The monoisotopic (exact) mass is 272 g/mol. The number of nitrogens with one attached hydrogen (secondary N) is 1. The van der Waals surface area contributed by atoms with Crippen LogP contribution < -0.4 is 11.1 Å². The number of carbonyl (C=O) groups excluding carboxylic acids is 1. The lowest BCUT2D eigenvalue weighted by molar-refractivity contribution is -0.121. The molecule has 1 amide bonds. The van der Waals surface area contributed by atoms with Crippen LogP contribution in [0.5, 0.6) is 0 Å². The second-order valence-corrected chi connectivity index (χ2v) is 4.88. The Kier molecular flexibility index (Phi) is 4.76. The fraction of sp³-hybridized carbons (Fsp3) is 0.333. The third-order valence-corrected chi connectivity index (χ3v) is 3.04. The van der Waals surface area contributed by atoms with Crippen molar-refractivity contribution in [2.45, 2.75) is 26.3 Å². The molecule has 106 valence electrons. The average Bonchev–Trinajstić information content (AvgIpc) is 2.82. The van der Waals surface area contributed by atoms with Crippen LogP contribution in [0, 0.1) is 6.92 Å². The zero-order chi connectivity index (χ0) is 14.4. The van der Waals surface area contributed by atoms with Gasteiger partial charge in [-0.05, 0) is 18.9 Å². The molecule has 2 rings (SSSR count). The van der Waals surface area contributed by atoms with Gasteiger partial charge in [0.25, 0.3) is 0 Å². The quantitative estimate of drug-likeness (QED) is 0.837. The molecule has 1 heterocycles. The predicted octanol–water partition coefficient (Wildman–Crippen LogP) is 1.52. The Labute approximate surface area is 118 Å². The molecule has 1 aromatic heterocycles. The van der Waals surface area contributed by atoms with Crippen LogP contribution in [0.15, 0.2) is 36.7 Å². The molecule has 0 aliphatic heterocycles. The van der Waals surface area contributed by atoms with Crippen molar-refractivity contribution >= 4 is 11.6 Å². The minimum Gasteiger partial charge on any atom is -0.396 e. The first-order chi connectivity index (χ1) is 9.63. The van der Waals surface area contributed by atoms with E-state index in [-0.39, 0.29) is 5.91 Å². The van der Waals surface area contributed by atoms with E-state index >= 15 is 0 Å². The van der Waals surface area contributed by atoms with Gasteiger partial charge in [0, 0.05) is 19.2 Å². The van der Waals surface area contributed by atoms with Crippen molar-refractivity contribution < 1.29 is 4.79 Å². The van der Waals surface area contributed by atoms with Gasteiger partial charge in [-0.15, -0.1) is 0 Å². The lowest BCUT2D eigenvalue weighted by atomic mass is 10.1. The van der Waals surface area contributed by atoms with Gasteiger partial charge in [-0.3, -0.25) is 9.48 Å². The smallest absolute Gasteiger partial charge is 0.220 e. The van der Waals surface area contributed by atoms with E-state index in [0.29, 0.717) is 25.2 Å². The first kappa shape index (κ1) is 14.1. The normalized spacial score (nSPS) is 10.4. The van der Waals surface area contributed by atoms with Crippen LogP contribution in [0.3, 0.4) is 0 Å². The predicted molar refractivity (Wildman–Crippen MR) is 79.1 cm³/mol. The zero-order valence-corrected chi connectivity index (χ0v) is 11.7. The maximum Gasteiger partial charge on any atom is 0.220 e. The van der Waals surface area contributed by atoms with Crippen molar-refractivity contribution in [1.82, 2.24) is 15.1 Å². The summed E-state index contributed by atoms with van der Waals surface area (Å²) >= 11 is 0. The number of hydrogen-bond acceptors (Lipinski definition) is 3. The molecule has 0 fully saturated rings. The first-order valence-electron chi connectivity index (χ1n) is 6.73. The van der Waals surface area contributed by atoms with E-state index in [4.69, 9.17) is 5.73 Å².